The number of fused-ring (bicyclic) bond motifs is 2. The zero-order chi connectivity index (χ0) is 12.8. The molecule has 0 fully saturated rings. The van der Waals surface area contributed by atoms with E-state index in [9.17, 15) is 0 Å². The number of nitrogens with zero attached hydrogens (tertiary/aromatic N) is 1. The Balaban J connectivity index is 1.98. The van der Waals surface area contributed by atoms with Crippen molar-refractivity contribution in [3.8, 4) is 11.4 Å². The van der Waals surface area contributed by atoms with Crippen LogP contribution in [0.15, 0.2) is 48.5 Å². The highest BCUT2D eigenvalue weighted by atomic mass is 15.1. The van der Waals surface area contributed by atoms with Gasteiger partial charge in [0.1, 0.15) is 5.69 Å². The molecular weight excluding hydrogens is 234 g/mol. The molecule has 0 saturated heterocycles. The van der Waals surface area contributed by atoms with E-state index in [1.807, 2.05) is 12.1 Å². The molecule has 0 radical (unpaired) electrons. The number of para-hydroxylation sites is 1. The van der Waals surface area contributed by atoms with Gasteiger partial charge in [0.25, 0.3) is 0 Å². The first kappa shape index (κ1) is 10.4. The van der Waals surface area contributed by atoms with Crippen molar-refractivity contribution >= 4 is 21.8 Å². The van der Waals surface area contributed by atoms with Gasteiger partial charge in [-0.05, 0) is 30.7 Å². The third-order valence-electron chi connectivity index (χ3n) is 3.50. The summed E-state index contributed by atoms with van der Waals surface area (Å²) < 4.78 is 0. The number of hydrogen-bond acceptors (Lipinski definition) is 1. The lowest BCUT2D eigenvalue weighted by Crippen LogP contribution is -1.78. The summed E-state index contributed by atoms with van der Waals surface area (Å²) >= 11 is 0. The number of H-pyrrole nitrogens is 2. The lowest BCUT2D eigenvalue weighted by Gasteiger charge is -1.94. The van der Waals surface area contributed by atoms with Gasteiger partial charge in [-0.1, -0.05) is 30.3 Å². The SMILES string of the molecule is Cc1ccc2c(-c3cc4ccccc4[nH]3)n[nH]c2c1. The summed E-state index contributed by atoms with van der Waals surface area (Å²) in [6.07, 6.45) is 0. The average molecular weight is 247 g/mol. The standard InChI is InChI=1S/C16H13N3/c1-10-6-7-12-14(8-10)18-19-16(12)15-9-11-4-2-3-5-13(11)17-15/h2-9,17H,1H3,(H,18,19). The Kier molecular flexibility index (Phi) is 2.03. The van der Waals surface area contributed by atoms with E-state index in [4.69, 9.17) is 0 Å². The van der Waals surface area contributed by atoms with Crippen LogP contribution < -0.4 is 0 Å². The molecule has 2 heterocycles. The van der Waals surface area contributed by atoms with Crippen LogP contribution in [0.1, 0.15) is 5.56 Å². The monoisotopic (exact) mass is 247 g/mol. The van der Waals surface area contributed by atoms with Crippen molar-refractivity contribution in [2.24, 2.45) is 0 Å². The minimum atomic E-state index is 0.978. The van der Waals surface area contributed by atoms with Gasteiger partial charge in [-0.25, -0.2) is 0 Å². The van der Waals surface area contributed by atoms with Crippen LogP contribution in [0.3, 0.4) is 0 Å². The number of benzene rings is 2. The molecule has 0 aliphatic carbocycles. The maximum atomic E-state index is 4.45. The third-order valence-corrected chi connectivity index (χ3v) is 3.50. The fourth-order valence-corrected chi connectivity index (χ4v) is 2.54. The predicted octanol–water partition coefficient (Wildman–Crippen LogP) is 4.02. The zero-order valence-corrected chi connectivity index (χ0v) is 10.6. The van der Waals surface area contributed by atoms with Crippen molar-refractivity contribution in [2.75, 3.05) is 0 Å². The second-order valence-electron chi connectivity index (χ2n) is 4.89. The van der Waals surface area contributed by atoms with Gasteiger partial charge in [-0.15, -0.1) is 0 Å². The summed E-state index contributed by atoms with van der Waals surface area (Å²) in [5, 5.41) is 9.91. The van der Waals surface area contributed by atoms with E-state index < -0.39 is 0 Å². The van der Waals surface area contributed by atoms with Crippen LogP contribution in [-0.2, 0) is 0 Å². The highest BCUT2D eigenvalue weighted by molar-refractivity contribution is 5.95. The fourth-order valence-electron chi connectivity index (χ4n) is 2.54. The van der Waals surface area contributed by atoms with Crippen LogP contribution in [0.2, 0.25) is 0 Å². The molecule has 0 unspecified atom stereocenters. The number of aryl methyl sites for hydroxylation is 1. The Morgan fingerprint density at radius 1 is 0.947 bits per heavy atom. The molecule has 4 aromatic rings. The fraction of sp³-hybridized carbons (Fsp3) is 0.0625. The lowest BCUT2D eigenvalue weighted by atomic mass is 10.1. The Bertz CT molecular complexity index is 850. The maximum absolute atomic E-state index is 4.45. The molecule has 2 aromatic heterocycles. The Morgan fingerprint density at radius 2 is 1.84 bits per heavy atom. The molecule has 0 aliphatic heterocycles. The molecule has 4 rings (SSSR count). The second-order valence-corrected chi connectivity index (χ2v) is 4.89. The molecule has 0 aliphatic rings. The maximum Gasteiger partial charge on any atom is 0.116 e. The lowest BCUT2D eigenvalue weighted by molar-refractivity contribution is 1.12. The molecule has 2 aromatic carbocycles. The second kappa shape index (κ2) is 3.72. The molecule has 0 atom stereocenters. The molecule has 3 heteroatoms. The molecule has 0 amide bonds. The number of hydrogen-bond donors (Lipinski definition) is 2. The predicted molar refractivity (Wildman–Crippen MR) is 78.1 cm³/mol. The van der Waals surface area contributed by atoms with Crippen molar-refractivity contribution in [1.29, 1.82) is 0 Å². The Labute approximate surface area is 110 Å². The summed E-state index contributed by atoms with van der Waals surface area (Å²) in [5.74, 6) is 0. The highest BCUT2D eigenvalue weighted by Gasteiger charge is 2.10. The van der Waals surface area contributed by atoms with Crippen molar-refractivity contribution in [1.82, 2.24) is 15.2 Å². The summed E-state index contributed by atoms with van der Waals surface area (Å²) in [6, 6.07) is 16.8. The molecule has 3 nitrogen and oxygen atoms in total. The number of aromatic amines is 2. The van der Waals surface area contributed by atoms with Crippen LogP contribution in [0.5, 0.6) is 0 Å². The number of nitrogens with one attached hydrogen (secondary N) is 2. The topological polar surface area (TPSA) is 44.5 Å². The minimum Gasteiger partial charge on any atom is -0.353 e. The Hall–Kier alpha value is -2.55. The summed E-state index contributed by atoms with van der Waals surface area (Å²) in [5.41, 5.74) is 5.48. The first-order valence-corrected chi connectivity index (χ1v) is 6.34. The van der Waals surface area contributed by atoms with Crippen molar-refractivity contribution in [3.63, 3.8) is 0 Å². The highest BCUT2D eigenvalue weighted by Crippen LogP contribution is 2.28. The van der Waals surface area contributed by atoms with E-state index in [-0.39, 0.29) is 0 Å². The van der Waals surface area contributed by atoms with Gasteiger partial charge >= 0.3 is 0 Å². The van der Waals surface area contributed by atoms with E-state index in [0.29, 0.717) is 0 Å². The van der Waals surface area contributed by atoms with Crippen LogP contribution in [0, 0.1) is 6.92 Å². The van der Waals surface area contributed by atoms with Gasteiger partial charge in [0, 0.05) is 16.3 Å². The largest absolute Gasteiger partial charge is 0.353 e. The Morgan fingerprint density at radius 3 is 2.74 bits per heavy atom. The molecule has 92 valence electrons. The van der Waals surface area contributed by atoms with Crippen molar-refractivity contribution in [3.05, 3.63) is 54.1 Å². The molecule has 2 N–H and O–H groups in total. The smallest absolute Gasteiger partial charge is 0.116 e. The summed E-state index contributed by atoms with van der Waals surface area (Å²) in [6.45, 7) is 2.09. The van der Waals surface area contributed by atoms with Crippen LogP contribution in [0.25, 0.3) is 33.2 Å². The van der Waals surface area contributed by atoms with Crippen LogP contribution in [-0.4, -0.2) is 15.2 Å². The van der Waals surface area contributed by atoms with Crippen LogP contribution in [0.4, 0.5) is 0 Å². The van der Waals surface area contributed by atoms with Gasteiger partial charge in [0.2, 0.25) is 0 Å². The van der Waals surface area contributed by atoms with E-state index >= 15 is 0 Å². The first-order valence-electron chi connectivity index (χ1n) is 6.34. The molecule has 0 spiro atoms. The van der Waals surface area contributed by atoms with Gasteiger partial charge in [0.05, 0.1) is 11.2 Å². The van der Waals surface area contributed by atoms with Gasteiger partial charge in [-0.2, -0.15) is 5.10 Å². The van der Waals surface area contributed by atoms with E-state index in [2.05, 4.69) is 58.5 Å². The summed E-state index contributed by atoms with van der Waals surface area (Å²) in [7, 11) is 0. The van der Waals surface area contributed by atoms with Gasteiger partial charge in [0.15, 0.2) is 0 Å². The van der Waals surface area contributed by atoms with E-state index in [1.54, 1.807) is 0 Å². The van der Waals surface area contributed by atoms with Crippen molar-refractivity contribution < 1.29 is 0 Å². The van der Waals surface area contributed by atoms with Crippen LogP contribution >= 0.6 is 0 Å². The molecule has 0 bridgehead atoms. The summed E-state index contributed by atoms with van der Waals surface area (Å²) in [4.78, 5) is 3.42. The molecule has 19 heavy (non-hydrogen) atoms. The third kappa shape index (κ3) is 1.55. The first-order chi connectivity index (χ1) is 9.31. The van der Waals surface area contributed by atoms with E-state index in [0.717, 1.165) is 27.8 Å². The van der Waals surface area contributed by atoms with Gasteiger partial charge < -0.3 is 4.98 Å². The minimum absolute atomic E-state index is 0.978. The van der Waals surface area contributed by atoms with E-state index in [1.165, 1.54) is 10.9 Å². The zero-order valence-electron chi connectivity index (χ0n) is 10.6. The quantitative estimate of drug-likeness (QED) is 0.524. The number of aromatic nitrogens is 3. The number of rotatable bonds is 1. The molecule has 0 saturated carbocycles. The average Bonchev–Trinajstić information content (AvgIpc) is 3.00. The normalized spacial score (nSPS) is 11.4. The molecular formula is C16H13N3. The van der Waals surface area contributed by atoms with Crippen molar-refractivity contribution in [2.45, 2.75) is 6.92 Å². The van der Waals surface area contributed by atoms with Gasteiger partial charge in [-0.3, -0.25) is 5.10 Å².